The average molecular weight is 401 g/mol. The molecule has 0 spiro atoms. The summed E-state index contributed by atoms with van der Waals surface area (Å²) < 4.78 is 11.8. The van der Waals surface area contributed by atoms with Crippen molar-refractivity contribution in [3.05, 3.63) is 78.9 Å². The van der Waals surface area contributed by atoms with E-state index in [4.69, 9.17) is 9.47 Å². The van der Waals surface area contributed by atoms with Crippen LogP contribution in [0.2, 0.25) is 0 Å². The second-order valence-electron chi connectivity index (χ2n) is 7.73. The molecule has 0 N–H and O–H groups in total. The van der Waals surface area contributed by atoms with Crippen LogP contribution in [0, 0.1) is 0 Å². The van der Waals surface area contributed by atoms with Crippen molar-refractivity contribution in [2.75, 3.05) is 0 Å². The van der Waals surface area contributed by atoms with Gasteiger partial charge in [-0.25, -0.2) is 0 Å². The molecule has 0 aliphatic carbocycles. The molecular weight excluding hydrogens is 368 g/mol. The molecule has 30 heavy (non-hydrogen) atoms. The van der Waals surface area contributed by atoms with E-state index in [9.17, 15) is 0 Å². The quantitative estimate of drug-likeness (QED) is 0.362. The van der Waals surface area contributed by atoms with Crippen molar-refractivity contribution in [1.29, 1.82) is 0 Å². The van der Waals surface area contributed by atoms with Gasteiger partial charge in [0.15, 0.2) is 0 Å². The van der Waals surface area contributed by atoms with Crippen LogP contribution in [0.25, 0.3) is 28.3 Å². The molecule has 2 atom stereocenters. The van der Waals surface area contributed by atoms with E-state index < -0.39 is 0 Å². The Bertz CT molecular complexity index is 955. The van der Waals surface area contributed by atoms with Gasteiger partial charge in [0.1, 0.15) is 11.5 Å². The summed E-state index contributed by atoms with van der Waals surface area (Å²) in [4.78, 5) is 0. The fraction of sp³-hybridized carbons (Fsp3) is 0.286. The van der Waals surface area contributed by atoms with Crippen molar-refractivity contribution in [3.8, 4) is 33.8 Å². The third-order valence-corrected chi connectivity index (χ3v) is 5.45. The van der Waals surface area contributed by atoms with Crippen LogP contribution in [0.1, 0.15) is 46.1 Å². The zero-order valence-corrected chi connectivity index (χ0v) is 18.5. The van der Waals surface area contributed by atoms with Gasteiger partial charge in [-0.3, -0.25) is 0 Å². The maximum atomic E-state index is 5.90. The second-order valence-corrected chi connectivity index (χ2v) is 7.73. The van der Waals surface area contributed by atoms with Crippen molar-refractivity contribution in [2.24, 2.45) is 0 Å². The number of ether oxygens (including phenoxy) is 2. The summed E-state index contributed by atoms with van der Waals surface area (Å²) in [5.74, 6) is 1.82. The smallest absolute Gasteiger partial charge is 0.119 e. The van der Waals surface area contributed by atoms with Crippen LogP contribution in [0.5, 0.6) is 11.5 Å². The lowest BCUT2D eigenvalue weighted by atomic mass is 9.95. The van der Waals surface area contributed by atoms with Crippen molar-refractivity contribution >= 4 is 6.08 Å². The van der Waals surface area contributed by atoms with Crippen LogP contribution in [0.4, 0.5) is 0 Å². The van der Waals surface area contributed by atoms with Gasteiger partial charge in [-0.15, -0.1) is 0 Å². The van der Waals surface area contributed by atoms with Crippen LogP contribution >= 0.6 is 0 Å². The molecule has 0 aliphatic heterocycles. The Morgan fingerprint density at radius 1 is 0.700 bits per heavy atom. The summed E-state index contributed by atoms with van der Waals surface area (Å²) in [6.07, 6.45) is 4.36. The second kappa shape index (κ2) is 10.2. The molecule has 0 fully saturated rings. The van der Waals surface area contributed by atoms with Gasteiger partial charge in [-0.1, -0.05) is 62.9 Å². The minimum Gasteiger partial charge on any atom is -0.491 e. The third-order valence-electron chi connectivity index (χ3n) is 5.45. The summed E-state index contributed by atoms with van der Waals surface area (Å²) in [6.45, 7) is 12.5. The number of benzene rings is 3. The monoisotopic (exact) mass is 400 g/mol. The molecule has 0 amide bonds. The molecular formula is C28H32O2. The number of hydrogen-bond donors (Lipinski definition) is 0. The van der Waals surface area contributed by atoms with Gasteiger partial charge in [0.05, 0.1) is 12.2 Å². The summed E-state index contributed by atoms with van der Waals surface area (Å²) in [5.41, 5.74) is 5.77. The minimum atomic E-state index is 0.223. The Balaban J connectivity index is 1.82. The van der Waals surface area contributed by atoms with E-state index in [2.05, 4.69) is 76.7 Å². The fourth-order valence-corrected chi connectivity index (χ4v) is 3.24. The molecule has 0 aliphatic rings. The molecule has 2 nitrogen and oxygen atoms in total. The van der Waals surface area contributed by atoms with E-state index in [1.165, 1.54) is 16.7 Å². The summed E-state index contributed by atoms with van der Waals surface area (Å²) >= 11 is 0. The summed E-state index contributed by atoms with van der Waals surface area (Å²) in [6, 6.07) is 23.1. The Morgan fingerprint density at radius 2 is 1.17 bits per heavy atom. The average Bonchev–Trinajstić information content (AvgIpc) is 2.79. The molecule has 0 radical (unpaired) electrons. The predicted octanol–water partition coefficient (Wildman–Crippen LogP) is 8.02. The van der Waals surface area contributed by atoms with E-state index in [-0.39, 0.29) is 12.2 Å². The van der Waals surface area contributed by atoms with E-state index in [0.717, 1.165) is 35.5 Å². The first kappa shape index (κ1) is 21.7. The normalized spacial score (nSPS) is 12.8. The van der Waals surface area contributed by atoms with E-state index in [1.54, 1.807) is 0 Å². The molecule has 0 heterocycles. The Labute approximate surface area is 181 Å². The van der Waals surface area contributed by atoms with Gasteiger partial charge in [0.2, 0.25) is 0 Å². The number of rotatable bonds is 9. The lowest BCUT2D eigenvalue weighted by Gasteiger charge is -2.14. The Morgan fingerprint density at radius 3 is 1.63 bits per heavy atom. The van der Waals surface area contributed by atoms with Crippen molar-refractivity contribution in [2.45, 2.75) is 52.7 Å². The maximum absolute atomic E-state index is 5.90. The molecule has 0 bridgehead atoms. The topological polar surface area (TPSA) is 18.5 Å². The van der Waals surface area contributed by atoms with Crippen molar-refractivity contribution in [3.63, 3.8) is 0 Å². The minimum absolute atomic E-state index is 0.223. The van der Waals surface area contributed by atoms with Gasteiger partial charge in [0.25, 0.3) is 0 Å². The largest absolute Gasteiger partial charge is 0.491 e. The SMILES string of the molecule is C=Cc1cc(-c2ccc(O[C@H](C)CC)cc2)ccc1-c1ccc(O[C@H](C)CC)cc1. The maximum Gasteiger partial charge on any atom is 0.119 e. The molecule has 156 valence electrons. The predicted molar refractivity (Wildman–Crippen MR) is 128 cm³/mol. The highest BCUT2D eigenvalue weighted by Gasteiger charge is 2.08. The van der Waals surface area contributed by atoms with Crippen LogP contribution in [0.15, 0.2) is 73.3 Å². The molecule has 0 saturated heterocycles. The first-order valence-electron chi connectivity index (χ1n) is 10.8. The highest BCUT2D eigenvalue weighted by atomic mass is 16.5. The molecule has 0 saturated carbocycles. The molecule has 0 aromatic heterocycles. The molecule has 3 aromatic carbocycles. The van der Waals surface area contributed by atoms with Gasteiger partial charge in [0, 0.05) is 0 Å². The highest BCUT2D eigenvalue weighted by Crippen LogP contribution is 2.31. The lowest BCUT2D eigenvalue weighted by Crippen LogP contribution is -2.09. The fourth-order valence-electron chi connectivity index (χ4n) is 3.24. The first-order chi connectivity index (χ1) is 14.5. The molecule has 2 heteroatoms. The van der Waals surface area contributed by atoms with Crippen LogP contribution in [-0.2, 0) is 0 Å². The number of hydrogen-bond acceptors (Lipinski definition) is 2. The van der Waals surface area contributed by atoms with Crippen molar-refractivity contribution in [1.82, 2.24) is 0 Å². The van der Waals surface area contributed by atoms with Gasteiger partial charge >= 0.3 is 0 Å². The summed E-state index contributed by atoms with van der Waals surface area (Å²) in [5, 5.41) is 0. The van der Waals surface area contributed by atoms with Gasteiger partial charge < -0.3 is 9.47 Å². The molecule has 3 aromatic rings. The van der Waals surface area contributed by atoms with Crippen LogP contribution in [0.3, 0.4) is 0 Å². The Kier molecular flexibility index (Phi) is 7.35. The van der Waals surface area contributed by atoms with Crippen LogP contribution in [-0.4, -0.2) is 12.2 Å². The van der Waals surface area contributed by atoms with Gasteiger partial charge in [-0.05, 0) is 84.8 Å². The summed E-state index contributed by atoms with van der Waals surface area (Å²) in [7, 11) is 0. The third kappa shape index (κ3) is 5.33. The van der Waals surface area contributed by atoms with Crippen molar-refractivity contribution < 1.29 is 9.47 Å². The van der Waals surface area contributed by atoms with Crippen LogP contribution < -0.4 is 9.47 Å². The standard InChI is InChI=1S/C28H32O2/c1-6-20(4)29-26-14-9-23(10-15-26)25-13-18-28(22(8-3)19-25)24-11-16-27(17-12-24)30-21(5)7-2/h8-21H,3,6-7H2,1-2,4-5H3/t20-,21-/m1/s1. The zero-order chi connectivity index (χ0) is 21.5. The lowest BCUT2D eigenvalue weighted by molar-refractivity contribution is 0.217. The van der Waals surface area contributed by atoms with Gasteiger partial charge in [-0.2, -0.15) is 0 Å². The highest BCUT2D eigenvalue weighted by molar-refractivity contribution is 5.79. The van der Waals surface area contributed by atoms with E-state index in [0.29, 0.717) is 0 Å². The Hall–Kier alpha value is -3.00. The molecule has 0 unspecified atom stereocenters. The molecule has 3 rings (SSSR count). The van der Waals surface area contributed by atoms with E-state index >= 15 is 0 Å². The first-order valence-corrected chi connectivity index (χ1v) is 10.8. The zero-order valence-electron chi connectivity index (χ0n) is 18.5. The van der Waals surface area contributed by atoms with E-state index in [1.807, 2.05) is 30.3 Å².